The highest BCUT2D eigenvalue weighted by Crippen LogP contribution is 2.22. The van der Waals surface area contributed by atoms with Crippen LogP contribution in [0.2, 0.25) is 0 Å². The zero-order valence-corrected chi connectivity index (χ0v) is 15.2. The van der Waals surface area contributed by atoms with Crippen LogP contribution in [0.15, 0.2) is 29.2 Å². The van der Waals surface area contributed by atoms with E-state index in [4.69, 9.17) is 0 Å². The van der Waals surface area contributed by atoms with Crippen molar-refractivity contribution < 1.29 is 13.3 Å². The number of nitro benzene ring substituents is 1. The third-order valence-corrected chi connectivity index (χ3v) is 6.96. The van der Waals surface area contributed by atoms with E-state index in [2.05, 4.69) is 9.80 Å². The van der Waals surface area contributed by atoms with Gasteiger partial charge in [0.15, 0.2) is 9.84 Å². The van der Waals surface area contributed by atoms with Gasteiger partial charge in [-0.05, 0) is 64.0 Å². The first-order valence-corrected chi connectivity index (χ1v) is 10.5. The summed E-state index contributed by atoms with van der Waals surface area (Å²) in [4.78, 5) is 15.1. The van der Waals surface area contributed by atoms with Crippen LogP contribution in [0.25, 0.3) is 0 Å². The average Bonchev–Trinajstić information content (AvgIpc) is 3.28. The van der Waals surface area contributed by atoms with Crippen LogP contribution in [0.5, 0.6) is 0 Å². The maximum atomic E-state index is 12.8. The molecule has 2 heterocycles. The van der Waals surface area contributed by atoms with Gasteiger partial charge in [-0.1, -0.05) is 0 Å². The van der Waals surface area contributed by atoms with E-state index in [1.54, 1.807) is 0 Å². The summed E-state index contributed by atoms with van der Waals surface area (Å²) in [6.07, 6.45) is 4.60. The molecular weight excluding hydrogens is 342 g/mol. The average molecular weight is 367 g/mol. The first-order chi connectivity index (χ1) is 12.0. The van der Waals surface area contributed by atoms with Gasteiger partial charge in [-0.15, -0.1) is 0 Å². The monoisotopic (exact) mass is 367 g/mol. The molecule has 8 heteroatoms. The molecule has 0 saturated carbocycles. The molecule has 0 aliphatic carbocycles. The molecule has 25 heavy (non-hydrogen) atoms. The summed E-state index contributed by atoms with van der Waals surface area (Å²) in [5, 5.41) is 10.8. The van der Waals surface area contributed by atoms with Crippen LogP contribution in [0.4, 0.5) is 5.69 Å². The van der Waals surface area contributed by atoms with Crippen LogP contribution in [0.3, 0.4) is 0 Å². The molecule has 0 spiro atoms. The summed E-state index contributed by atoms with van der Waals surface area (Å²) in [7, 11) is -3.47. The fraction of sp³-hybridized carbons (Fsp3) is 0.647. The second kappa shape index (κ2) is 7.80. The lowest BCUT2D eigenvalue weighted by atomic mass is 10.2. The Hall–Kier alpha value is -1.51. The van der Waals surface area contributed by atoms with Gasteiger partial charge in [0.05, 0.1) is 15.6 Å². The number of nitro groups is 1. The van der Waals surface area contributed by atoms with Gasteiger partial charge in [0.1, 0.15) is 0 Å². The minimum Gasteiger partial charge on any atom is -0.302 e. The highest BCUT2D eigenvalue weighted by atomic mass is 32.2. The summed E-state index contributed by atoms with van der Waals surface area (Å²) < 4.78 is 25.7. The normalized spacial score (nSPS) is 20.8. The number of likely N-dealkylation sites (tertiary alicyclic amines) is 2. The van der Waals surface area contributed by atoms with E-state index in [0.29, 0.717) is 0 Å². The van der Waals surface area contributed by atoms with E-state index in [1.807, 2.05) is 0 Å². The number of hydrogen-bond donors (Lipinski definition) is 0. The maximum Gasteiger partial charge on any atom is 0.269 e. The second-order valence-corrected chi connectivity index (χ2v) is 8.97. The van der Waals surface area contributed by atoms with E-state index >= 15 is 0 Å². The van der Waals surface area contributed by atoms with E-state index in [0.717, 1.165) is 45.6 Å². The van der Waals surface area contributed by atoms with Crippen molar-refractivity contribution in [2.45, 2.75) is 36.6 Å². The molecule has 0 bridgehead atoms. The third kappa shape index (κ3) is 4.56. The van der Waals surface area contributed by atoms with Gasteiger partial charge in [0.25, 0.3) is 5.69 Å². The van der Waals surface area contributed by atoms with Gasteiger partial charge < -0.3 is 4.90 Å². The Kier molecular flexibility index (Phi) is 5.71. The maximum absolute atomic E-state index is 12.8. The second-order valence-electron chi connectivity index (χ2n) is 6.94. The van der Waals surface area contributed by atoms with Gasteiger partial charge in [0.2, 0.25) is 0 Å². The smallest absolute Gasteiger partial charge is 0.269 e. The van der Waals surface area contributed by atoms with Crippen molar-refractivity contribution in [2.75, 3.05) is 38.5 Å². The van der Waals surface area contributed by atoms with E-state index in [9.17, 15) is 18.5 Å². The predicted molar refractivity (Wildman–Crippen MR) is 95.4 cm³/mol. The van der Waals surface area contributed by atoms with Crippen LogP contribution in [-0.2, 0) is 9.84 Å². The first kappa shape index (κ1) is 18.3. The third-order valence-electron chi connectivity index (χ3n) is 5.14. The summed E-state index contributed by atoms with van der Waals surface area (Å²) in [5.41, 5.74) is -0.0906. The minimum absolute atomic E-state index is 0.0132. The first-order valence-electron chi connectivity index (χ1n) is 8.89. The van der Waals surface area contributed by atoms with Crippen LogP contribution < -0.4 is 0 Å². The molecule has 2 saturated heterocycles. The van der Waals surface area contributed by atoms with Crippen molar-refractivity contribution in [2.24, 2.45) is 0 Å². The van der Waals surface area contributed by atoms with Crippen molar-refractivity contribution in [1.29, 1.82) is 0 Å². The summed E-state index contributed by atoms with van der Waals surface area (Å²) in [6, 6.07) is 5.21. The van der Waals surface area contributed by atoms with Crippen LogP contribution in [-0.4, -0.2) is 67.7 Å². The lowest BCUT2D eigenvalue weighted by Crippen LogP contribution is -2.46. The number of nitrogens with zero attached hydrogens (tertiary/aromatic N) is 3. The Morgan fingerprint density at radius 2 is 1.56 bits per heavy atom. The zero-order chi connectivity index (χ0) is 17.9. The Morgan fingerprint density at radius 3 is 2.12 bits per heavy atom. The number of non-ortho nitro benzene ring substituents is 1. The van der Waals surface area contributed by atoms with Gasteiger partial charge in [-0.2, -0.15) is 0 Å². The number of rotatable bonds is 7. The van der Waals surface area contributed by atoms with E-state index in [-0.39, 0.29) is 22.4 Å². The van der Waals surface area contributed by atoms with Crippen molar-refractivity contribution >= 4 is 15.5 Å². The molecule has 7 nitrogen and oxygen atoms in total. The molecule has 3 rings (SSSR count). The standard InChI is InChI=1S/C17H25N3O4S/c21-20(22)15-5-7-17(8-6-15)25(23,24)14-16(19-11-3-4-12-19)13-18-9-1-2-10-18/h5-8,16H,1-4,9-14H2/t16-/m0/s1. The Morgan fingerprint density at radius 1 is 1.00 bits per heavy atom. The van der Waals surface area contributed by atoms with Crippen molar-refractivity contribution in [3.8, 4) is 0 Å². The Labute approximate surface area is 148 Å². The Bertz CT molecular complexity index is 693. The molecule has 2 fully saturated rings. The molecule has 0 N–H and O–H groups in total. The molecule has 0 aromatic heterocycles. The van der Waals surface area contributed by atoms with Crippen molar-refractivity contribution in [3.63, 3.8) is 0 Å². The van der Waals surface area contributed by atoms with E-state index in [1.165, 1.54) is 37.1 Å². The predicted octanol–water partition coefficient (Wildman–Crippen LogP) is 1.93. The summed E-state index contributed by atoms with van der Waals surface area (Å²) in [6.45, 7) is 4.78. The Balaban J connectivity index is 1.75. The lowest BCUT2D eigenvalue weighted by Gasteiger charge is -2.31. The fourth-order valence-electron chi connectivity index (χ4n) is 3.77. The van der Waals surface area contributed by atoms with Gasteiger partial charge in [-0.3, -0.25) is 15.0 Å². The van der Waals surface area contributed by atoms with Gasteiger partial charge in [-0.25, -0.2) is 8.42 Å². The minimum atomic E-state index is -3.47. The molecule has 1 atom stereocenters. The van der Waals surface area contributed by atoms with Crippen molar-refractivity contribution in [3.05, 3.63) is 34.4 Å². The molecule has 1 aromatic carbocycles. The largest absolute Gasteiger partial charge is 0.302 e. The quantitative estimate of drug-likeness (QED) is 0.541. The molecule has 0 unspecified atom stereocenters. The highest BCUT2D eigenvalue weighted by Gasteiger charge is 2.30. The van der Waals surface area contributed by atoms with Crippen LogP contribution in [0, 0.1) is 10.1 Å². The molecule has 2 aliphatic rings. The summed E-state index contributed by atoms with van der Waals surface area (Å²) in [5.74, 6) is 0.0707. The molecule has 0 radical (unpaired) electrons. The molecule has 138 valence electrons. The highest BCUT2D eigenvalue weighted by molar-refractivity contribution is 7.91. The van der Waals surface area contributed by atoms with Gasteiger partial charge >= 0.3 is 0 Å². The SMILES string of the molecule is O=[N+]([O-])c1ccc(S(=O)(=O)C[C@H](CN2CCCC2)N2CCCC2)cc1. The molecular formula is C17H25N3O4S. The summed E-state index contributed by atoms with van der Waals surface area (Å²) >= 11 is 0. The van der Waals surface area contributed by atoms with Crippen LogP contribution >= 0.6 is 0 Å². The number of sulfone groups is 1. The number of hydrogen-bond acceptors (Lipinski definition) is 6. The zero-order valence-electron chi connectivity index (χ0n) is 14.3. The van der Waals surface area contributed by atoms with Crippen molar-refractivity contribution in [1.82, 2.24) is 9.80 Å². The molecule has 1 aromatic rings. The topological polar surface area (TPSA) is 83.8 Å². The fourth-order valence-corrected chi connectivity index (χ4v) is 5.33. The lowest BCUT2D eigenvalue weighted by molar-refractivity contribution is -0.384. The van der Waals surface area contributed by atoms with Gasteiger partial charge in [0, 0.05) is 24.7 Å². The van der Waals surface area contributed by atoms with Crippen LogP contribution in [0.1, 0.15) is 25.7 Å². The number of benzene rings is 1. The van der Waals surface area contributed by atoms with E-state index < -0.39 is 14.8 Å². The molecule has 2 aliphatic heterocycles. The molecule has 0 amide bonds.